The zero-order valence-corrected chi connectivity index (χ0v) is 13.9. The summed E-state index contributed by atoms with van der Waals surface area (Å²) < 4.78 is 45.8. The maximum atomic E-state index is 12.9. The lowest BCUT2D eigenvalue weighted by molar-refractivity contribution is -0.146. The van der Waals surface area contributed by atoms with E-state index < -0.39 is 12.0 Å². The second-order valence-electron chi connectivity index (χ2n) is 5.16. The normalized spacial score (nSPS) is 12.0. The molecule has 0 aliphatic carbocycles. The Kier molecular flexibility index (Phi) is 3.60. The molecule has 0 saturated heterocycles. The van der Waals surface area contributed by atoms with E-state index in [9.17, 15) is 13.2 Å². The fourth-order valence-electron chi connectivity index (χ4n) is 2.41. The van der Waals surface area contributed by atoms with E-state index in [0.717, 1.165) is 10.8 Å². The molecular formula is C16H8BrF3N4O. The Morgan fingerprint density at radius 3 is 2.56 bits per heavy atom. The van der Waals surface area contributed by atoms with Crippen LogP contribution >= 0.6 is 15.9 Å². The summed E-state index contributed by atoms with van der Waals surface area (Å²) in [4.78, 5) is 0. The third kappa shape index (κ3) is 2.80. The van der Waals surface area contributed by atoms with Crippen LogP contribution in [-0.2, 0) is 6.18 Å². The molecule has 2 aromatic carbocycles. The SMILES string of the molecule is FC(F)(F)c1nnc2ccc(Oc3ccc4ccccc4c3Br)nn12. The van der Waals surface area contributed by atoms with Crippen molar-refractivity contribution in [3.8, 4) is 11.6 Å². The molecule has 5 nitrogen and oxygen atoms in total. The Labute approximate surface area is 147 Å². The van der Waals surface area contributed by atoms with Gasteiger partial charge in [-0.15, -0.1) is 15.3 Å². The molecule has 0 aliphatic rings. The zero-order chi connectivity index (χ0) is 17.6. The fraction of sp³-hybridized carbons (Fsp3) is 0.0625. The quantitative estimate of drug-likeness (QED) is 0.475. The second-order valence-corrected chi connectivity index (χ2v) is 5.96. The van der Waals surface area contributed by atoms with Crippen molar-refractivity contribution in [3.05, 3.63) is 58.8 Å². The topological polar surface area (TPSA) is 52.3 Å². The molecule has 2 aromatic heterocycles. The summed E-state index contributed by atoms with van der Waals surface area (Å²) in [5.41, 5.74) is -0.0164. The standard InChI is InChI=1S/C16H8BrF3N4O/c17-14-10-4-2-1-3-9(10)5-6-11(14)25-13-8-7-12-21-22-15(16(18,19)20)24(12)23-13/h1-8H. The third-order valence-corrected chi connectivity index (χ3v) is 4.35. The largest absolute Gasteiger partial charge is 0.453 e. The fourth-order valence-corrected chi connectivity index (χ4v) is 2.98. The summed E-state index contributed by atoms with van der Waals surface area (Å²) in [6.45, 7) is 0. The van der Waals surface area contributed by atoms with Crippen molar-refractivity contribution < 1.29 is 17.9 Å². The van der Waals surface area contributed by atoms with Crippen molar-refractivity contribution >= 4 is 32.3 Å². The lowest BCUT2D eigenvalue weighted by Gasteiger charge is -2.10. The summed E-state index contributed by atoms with van der Waals surface area (Å²) >= 11 is 3.46. The molecule has 25 heavy (non-hydrogen) atoms. The van der Waals surface area contributed by atoms with Crippen molar-refractivity contribution in [2.75, 3.05) is 0 Å². The second kappa shape index (κ2) is 5.69. The number of fused-ring (bicyclic) bond motifs is 2. The van der Waals surface area contributed by atoms with Crippen molar-refractivity contribution in [1.82, 2.24) is 19.8 Å². The number of alkyl halides is 3. The van der Waals surface area contributed by atoms with E-state index in [2.05, 4.69) is 31.2 Å². The first-order chi connectivity index (χ1) is 11.9. The molecule has 0 fully saturated rings. The minimum atomic E-state index is -4.66. The Balaban J connectivity index is 1.77. The highest BCUT2D eigenvalue weighted by atomic mass is 79.9. The van der Waals surface area contributed by atoms with Gasteiger partial charge in [-0.1, -0.05) is 30.3 Å². The first-order valence-electron chi connectivity index (χ1n) is 7.08. The minimum absolute atomic E-state index is 0.00576. The predicted molar refractivity (Wildman–Crippen MR) is 87.5 cm³/mol. The lowest BCUT2D eigenvalue weighted by Crippen LogP contribution is -2.12. The summed E-state index contributed by atoms with van der Waals surface area (Å²) in [5, 5.41) is 12.4. The number of aromatic nitrogens is 4. The van der Waals surface area contributed by atoms with E-state index in [1.807, 2.05) is 30.3 Å². The van der Waals surface area contributed by atoms with Crippen molar-refractivity contribution in [1.29, 1.82) is 0 Å². The van der Waals surface area contributed by atoms with Gasteiger partial charge in [-0.2, -0.15) is 17.7 Å². The van der Waals surface area contributed by atoms with Crippen molar-refractivity contribution in [2.45, 2.75) is 6.18 Å². The Bertz CT molecular complexity index is 1090. The molecule has 0 radical (unpaired) electrons. The van der Waals surface area contributed by atoms with E-state index in [1.54, 1.807) is 6.07 Å². The third-order valence-electron chi connectivity index (χ3n) is 3.53. The van der Waals surface area contributed by atoms with Crippen LogP contribution in [0.2, 0.25) is 0 Å². The lowest BCUT2D eigenvalue weighted by atomic mass is 10.1. The molecule has 4 rings (SSSR count). The van der Waals surface area contributed by atoms with Crippen LogP contribution in [0.4, 0.5) is 13.2 Å². The van der Waals surface area contributed by atoms with Crippen LogP contribution in [0.1, 0.15) is 5.82 Å². The van der Waals surface area contributed by atoms with Gasteiger partial charge in [0, 0.05) is 6.07 Å². The first-order valence-corrected chi connectivity index (χ1v) is 7.87. The van der Waals surface area contributed by atoms with Gasteiger partial charge < -0.3 is 4.74 Å². The van der Waals surface area contributed by atoms with Crippen LogP contribution in [-0.4, -0.2) is 19.8 Å². The molecule has 9 heteroatoms. The van der Waals surface area contributed by atoms with Crippen LogP contribution < -0.4 is 4.74 Å². The van der Waals surface area contributed by atoms with Gasteiger partial charge in [0.1, 0.15) is 5.75 Å². The Hall–Kier alpha value is -2.68. The minimum Gasteiger partial charge on any atom is -0.436 e. The highest BCUT2D eigenvalue weighted by Gasteiger charge is 2.37. The molecule has 4 aromatic rings. The van der Waals surface area contributed by atoms with Crippen molar-refractivity contribution in [2.24, 2.45) is 0 Å². The van der Waals surface area contributed by atoms with E-state index in [-0.39, 0.29) is 11.5 Å². The van der Waals surface area contributed by atoms with Crippen LogP contribution in [0.5, 0.6) is 11.6 Å². The molecular weight excluding hydrogens is 401 g/mol. The van der Waals surface area contributed by atoms with Crippen LogP contribution in [0.15, 0.2) is 53.0 Å². The molecule has 2 heterocycles. The molecule has 0 aliphatic heterocycles. The van der Waals surface area contributed by atoms with E-state index in [4.69, 9.17) is 4.74 Å². The highest BCUT2D eigenvalue weighted by Crippen LogP contribution is 2.35. The van der Waals surface area contributed by atoms with Crippen molar-refractivity contribution in [3.63, 3.8) is 0 Å². The zero-order valence-electron chi connectivity index (χ0n) is 12.3. The highest BCUT2D eigenvalue weighted by molar-refractivity contribution is 9.10. The molecule has 126 valence electrons. The van der Waals surface area contributed by atoms with E-state index in [1.165, 1.54) is 12.1 Å². The molecule has 0 N–H and O–H groups in total. The van der Waals surface area contributed by atoms with Gasteiger partial charge in [0.15, 0.2) is 5.65 Å². The van der Waals surface area contributed by atoms with Crippen LogP contribution in [0, 0.1) is 0 Å². The van der Waals surface area contributed by atoms with Gasteiger partial charge in [0.2, 0.25) is 5.88 Å². The first kappa shape index (κ1) is 15.8. The average Bonchev–Trinajstić information content (AvgIpc) is 3.01. The molecule has 0 atom stereocenters. The Morgan fingerprint density at radius 2 is 1.76 bits per heavy atom. The molecule has 0 amide bonds. The molecule has 0 spiro atoms. The number of nitrogens with zero attached hydrogens (tertiary/aromatic N) is 4. The van der Waals surface area contributed by atoms with E-state index >= 15 is 0 Å². The average molecular weight is 409 g/mol. The number of benzene rings is 2. The van der Waals surface area contributed by atoms with Gasteiger partial charge in [-0.05, 0) is 38.8 Å². The van der Waals surface area contributed by atoms with Gasteiger partial charge in [-0.25, -0.2) is 0 Å². The number of hydrogen-bond donors (Lipinski definition) is 0. The number of ether oxygens (including phenoxy) is 1. The summed E-state index contributed by atoms with van der Waals surface area (Å²) in [6.07, 6.45) is -4.66. The van der Waals surface area contributed by atoms with Crippen LogP contribution in [0.3, 0.4) is 0 Å². The van der Waals surface area contributed by atoms with Gasteiger partial charge in [0.05, 0.1) is 4.47 Å². The smallest absolute Gasteiger partial charge is 0.436 e. The maximum absolute atomic E-state index is 12.9. The number of halogens is 4. The monoisotopic (exact) mass is 408 g/mol. The molecule has 0 unspecified atom stereocenters. The van der Waals surface area contributed by atoms with Gasteiger partial charge >= 0.3 is 6.18 Å². The van der Waals surface area contributed by atoms with Gasteiger partial charge in [0.25, 0.3) is 5.82 Å². The maximum Gasteiger partial charge on any atom is 0.453 e. The van der Waals surface area contributed by atoms with Gasteiger partial charge in [-0.3, -0.25) is 0 Å². The summed E-state index contributed by atoms with van der Waals surface area (Å²) in [6, 6.07) is 14.0. The predicted octanol–water partition coefficient (Wildman–Crippen LogP) is 4.85. The Morgan fingerprint density at radius 1 is 0.960 bits per heavy atom. The molecule has 0 saturated carbocycles. The molecule has 0 bridgehead atoms. The summed E-state index contributed by atoms with van der Waals surface area (Å²) in [7, 11) is 0. The van der Waals surface area contributed by atoms with Crippen LogP contribution in [0.25, 0.3) is 16.4 Å². The number of hydrogen-bond acceptors (Lipinski definition) is 4. The summed E-state index contributed by atoms with van der Waals surface area (Å²) in [5.74, 6) is -0.772. The van der Waals surface area contributed by atoms with E-state index in [0.29, 0.717) is 14.7 Å². The number of rotatable bonds is 2.